The van der Waals surface area contributed by atoms with Gasteiger partial charge in [-0.05, 0) is 53.1 Å². The minimum atomic E-state index is 0.410. The van der Waals surface area contributed by atoms with Crippen molar-refractivity contribution in [3.63, 3.8) is 0 Å². The van der Waals surface area contributed by atoms with Crippen molar-refractivity contribution in [1.82, 2.24) is 5.32 Å². The molecule has 1 heteroatoms. The maximum atomic E-state index is 3.70. The quantitative estimate of drug-likeness (QED) is 0.767. The van der Waals surface area contributed by atoms with Gasteiger partial charge in [-0.2, -0.15) is 0 Å². The molecule has 1 aliphatic carbocycles. The third kappa shape index (κ3) is 2.47. The van der Waals surface area contributed by atoms with Crippen LogP contribution in [0.25, 0.3) is 10.8 Å². The normalized spacial score (nSPS) is 21.4. The molecule has 0 heterocycles. The Bertz CT molecular complexity index is 612. The summed E-state index contributed by atoms with van der Waals surface area (Å²) in [5.74, 6) is 0. The molecular weight excluding hydrogens is 242 g/mol. The Morgan fingerprint density at radius 1 is 1.15 bits per heavy atom. The Balaban J connectivity index is 2.15. The van der Waals surface area contributed by atoms with E-state index in [4.69, 9.17) is 0 Å². The number of nitrogens with one attached hydrogen (secondary N) is 1. The molecule has 20 heavy (non-hydrogen) atoms. The van der Waals surface area contributed by atoms with Crippen LogP contribution in [-0.2, 0) is 6.42 Å². The number of hydrogen-bond acceptors (Lipinski definition) is 1. The van der Waals surface area contributed by atoms with E-state index >= 15 is 0 Å². The van der Waals surface area contributed by atoms with E-state index in [-0.39, 0.29) is 0 Å². The van der Waals surface area contributed by atoms with E-state index in [2.05, 4.69) is 62.5 Å². The van der Waals surface area contributed by atoms with Gasteiger partial charge in [-0.25, -0.2) is 0 Å². The summed E-state index contributed by atoms with van der Waals surface area (Å²) in [6, 6.07) is 14.0. The Hall–Kier alpha value is -1.34. The summed E-state index contributed by atoms with van der Waals surface area (Å²) in [5, 5.41) is 6.53. The Morgan fingerprint density at radius 3 is 2.75 bits per heavy atom. The van der Waals surface area contributed by atoms with Crippen LogP contribution in [0.3, 0.4) is 0 Å². The number of benzene rings is 2. The average molecular weight is 267 g/mol. The molecule has 0 aliphatic heterocycles. The van der Waals surface area contributed by atoms with Gasteiger partial charge in [0.25, 0.3) is 0 Å². The summed E-state index contributed by atoms with van der Waals surface area (Å²) in [6.07, 6.45) is 3.70. The fraction of sp³-hybridized carbons (Fsp3) is 0.474. The third-order valence-corrected chi connectivity index (χ3v) is 4.71. The van der Waals surface area contributed by atoms with Gasteiger partial charge in [0.2, 0.25) is 0 Å². The van der Waals surface area contributed by atoms with E-state index < -0.39 is 0 Å². The molecule has 2 aromatic rings. The minimum Gasteiger partial charge on any atom is -0.310 e. The summed E-state index contributed by atoms with van der Waals surface area (Å²) in [7, 11) is 0. The zero-order chi connectivity index (χ0) is 14.2. The van der Waals surface area contributed by atoms with E-state index in [1.807, 2.05) is 0 Å². The maximum absolute atomic E-state index is 3.70. The van der Waals surface area contributed by atoms with Gasteiger partial charge in [0.15, 0.2) is 0 Å². The van der Waals surface area contributed by atoms with Gasteiger partial charge < -0.3 is 5.32 Å². The summed E-state index contributed by atoms with van der Waals surface area (Å²) >= 11 is 0. The third-order valence-electron chi connectivity index (χ3n) is 4.71. The van der Waals surface area contributed by atoms with Crippen molar-refractivity contribution in [3.05, 3.63) is 47.5 Å². The van der Waals surface area contributed by atoms with Gasteiger partial charge in [-0.3, -0.25) is 0 Å². The largest absolute Gasteiger partial charge is 0.310 e. The molecule has 3 rings (SSSR count). The van der Waals surface area contributed by atoms with E-state index in [9.17, 15) is 0 Å². The second kappa shape index (κ2) is 5.21. The van der Waals surface area contributed by atoms with Gasteiger partial charge in [-0.1, -0.05) is 57.2 Å². The van der Waals surface area contributed by atoms with Crippen LogP contribution < -0.4 is 5.32 Å². The second-order valence-corrected chi connectivity index (χ2v) is 6.83. The minimum absolute atomic E-state index is 0.410. The lowest BCUT2D eigenvalue weighted by Gasteiger charge is -2.27. The zero-order valence-electron chi connectivity index (χ0n) is 12.9. The molecule has 0 saturated heterocycles. The first-order valence-electron chi connectivity index (χ1n) is 7.84. The van der Waals surface area contributed by atoms with E-state index in [0.717, 1.165) is 6.54 Å². The molecule has 106 valence electrons. The molecule has 0 radical (unpaired) electrons. The molecule has 1 unspecified atom stereocenters. The van der Waals surface area contributed by atoms with Crippen LogP contribution >= 0.6 is 0 Å². The van der Waals surface area contributed by atoms with Crippen LogP contribution in [-0.4, -0.2) is 6.54 Å². The number of rotatable bonds is 2. The molecule has 0 aromatic heterocycles. The van der Waals surface area contributed by atoms with Crippen molar-refractivity contribution in [2.24, 2.45) is 5.41 Å². The predicted octanol–water partition coefficient (Wildman–Crippen LogP) is 4.85. The topological polar surface area (TPSA) is 12.0 Å². The molecule has 0 spiro atoms. The molecule has 0 bridgehead atoms. The van der Waals surface area contributed by atoms with Gasteiger partial charge >= 0.3 is 0 Å². The van der Waals surface area contributed by atoms with Gasteiger partial charge in [-0.15, -0.1) is 0 Å². The van der Waals surface area contributed by atoms with Gasteiger partial charge in [0.05, 0.1) is 0 Å². The fourth-order valence-electron chi connectivity index (χ4n) is 3.61. The maximum Gasteiger partial charge on any atom is 0.0328 e. The standard InChI is InChI=1S/C19H25N/c1-4-20-18-13-19(2,3)12-11-16-15-8-6-5-7-14(15)9-10-17(16)18/h5-10,18,20H,4,11-13H2,1-3H3. The Morgan fingerprint density at radius 2 is 1.95 bits per heavy atom. The number of hydrogen-bond donors (Lipinski definition) is 1. The number of fused-ring (bicyclic) bond motifs is 3. The summed E-state index contributed by atoms with van der Waals surface area (Å²) in [6.45, 7) is 8.06. The highest BCUT2D eigenvalue weighted by Crippen LogP contribution is 2.41. The highest BCUT2D eigenvalue weighted by Gasteiger charge is 2.29. The monoisotopic (exact) mass is 267 g/mol. The van der Waals surface area contributed by atoms with E-state index in [1.54, 1.807) is 5.56 Å². The first-order valence-corrected chi connectivity index (χ1v) is 7.84. The predicted molar refractivity (Wildman–Crippen MR) is 87.1 cm³/mol. The van der Waals surface area contributed by atoms with E-state index in [0.29, 0.717) is 11.5 Å². The smallest absolute Gasteiger partial charge is 0.0328 e. The molecule has 1 atom stereocenters. The Labute approximate surface area is 122 Å². The van der Waals surface area contributed by atoms with Crippen molar-refractivity contribution < 1.29 is 0 Å². The van der Waals surface area contributed by atoms with Crippen molar-refractivity contribution in [2.45, 2.75) is 46.1 Å². The Kier molecular flexibility index (Phi) is 3.55. The molecular formula is C19H25N. The molecule has 1 aliphatic rings. The molecule has 0 fully saturated rings. The van der Waals surface area contributed by atoms with Gasteiger partial charge in [0.1, 0.15) is 0 Å². The molecule has 1 N–H and O–H groups in total. The molecule has 2 aromatic carbocycles. The lowest BCUT2D eigenvalue weighted by atomic mass is 9.83. The summed E-state index contributed by atoms with van der Waals surface area (Å²) < 4.78 is 0. The molecule has 0 amide bonds. The first kappa shape index (κ1) is 13.6. The zero-order valence-corrected chi connectivity index (χ0v) is 12.9. The summed E-state index contributed by atoms with van der Waals surface area (Å²) in [4.78, 5) is 0. The van der Waals surface area contributed by atoms with Crippen LogP contribution in [0.2, 0.25) is 0 Å². The van der Waals surface area contributed by atoms with Crippen LogP contribution in [0.4, 0.5) is 0 Å². The average Bonchev–Trinajstić information content (AvgIpc) is 2.56. The van der Waals surface area contributed by atoms with Crippen molar-refractivity contribution >= 4 is 10.8 Å². The number of aryl methyl sites for hydroxylation is 1. The van der Waals surface area contributed by atoms with Crippen LogP contribution in [0.15, 0.2) is 36.4 Å². The van der Waals surface area contributed by atoms with Crippen molar-refractivity contribution in [2.75, 3.05) is 6.54 Å². The summed E-state index contributed by atoms with van der Waals surface area (Å²) in [5.41, 5.74) is 3.50. The van der Waals surface area contributed by atoms with Crippen LogP contribution in [0.1, 0.15) is 50.8 Å². The second-order valence-electron chi connectivity index (χ2n) is 6.83. The van der Waals surface area contributed by atoms with Crippen molar-refractivity contribution in [3.8, 4) is 0 Å². The first-order chi connectivity index (χ1) is 9.61. The van der Waals surface area contributed by atoms with Crippen molar-refractivity contribution in [1.29, 1.82) is 0 Å². The lowest BCUT2D eigenvalue weighted by molar-refractivity contribution is 0.275. The fourth-order valence-corrected chi connectivity index (χ4v) is 3.61. The molecule has 0 saturated carbocycles. The van der Waals surface area contributed by atoms with Gasteiger partial charge in [0, 0.05) is 6.04 Å². The van der Waals surface area contributed by atoms with E-state index in [1.165, 1.54) is 35.6 Å². The highest BCUT2D eigenvalue weighted by atomic mass is 14.9. The van der Waals surface area contributed by atoms with Crippen LogP contribution in [0.5, 0.6) is 0 Å². The SMILES string of the molecule is CCNC1CC(C)(C)CCc2c1ccc1ccccc21. The van der Waals surface area contributed by atoms with Crippen LogP contribution in [0, 0.1) is 5.41 Å². The molecule has 1 nitrogen and oxygen atoms in total. The highest BCUT2D eigenvalue weighted by molar-refractivity contribution is 5.87. The lowest BCUT2D eigenvalue weighted by Crippen LogP contribution is -2.25.